The second-order valence-electron chi connectivity index (χ2n) is 4.91. The molecule has 0 saturated heterocycles. The molecule has 1 aromatic rings. The first-order chi connectivity index (χ1) is 7.90. The Kier molecular flexibility index (Phi) is 4.41. The van der Waals surface area contributed by atoms with Gasteiger partial charge in [-0.3, -0.25) is 0 Å². The van der Waals surface area contributed by atoms with Crippen LogP contribution in [0.2, 0.25) is 0 Å². The van der Waals surface area contributed by atoms with E-state index in [1.165, 1.54) is 44.2 Å². The minimum absolute atomic E-state index is 0.543. The van der Waals surface area contributed by atoms with Crippen LogP contribution in [0.15, 0.2) is 30.3 Å². The lowest BCUT2D eigenvalue weighted by Gasteiger charge is -2.26. The van der Waals surface area contributed by atoms with E-state index in [0.717, 1.165) is 5.92 Å². The average Bonchev–Trinajstić information content (AvgIpc) is 2.28. The zero-order chi connectivity index (χ0) is 11.2. The van der Waals surface area contributed by atoms with Crippen molar-refractivity contribution >= 4 is 0 Å². The largest absolute Gasteiger partial charge is 0.310 e. The van der Waals surface area contributed by atoms with E-state index in [0.29, 0.717) is 6.04 Å². The van der Waals surface area contributed by atoms with E-state index < -0.39 is 0 Å². The predicted octanol–water partition coefficient (Wildman–Crippen LogP) is 3.92. The van der Waals surface area contributed by atoms with Crippen LogP contribution in [0.3, 0.4) is 0 Å². The summed E-state index contributed by atoms with van der Waals surface area (Å²) in [6.45, 7) is 3.44. The van der Waals surface area contributed by atoms with Crippen molar-refractivity contribution in [2.75, 3.05) is 6.54 Å². The molecule has 1 nitrogen and oxygen atoms in total. The van der Waals surface area contributed by atoms with Crippen LogP contribution in [-0.2, 0) is 0 Å². The fraction of sp³-hybridized carbons (Fsp3) is 0.600. The van der Waals surface area contributed by atoms with Crippen LogP contribution >= 0.6 is 0 Å². The first-order valence-corrected chi connectivity index (χ1v) is 6.68. The van der Waals surface area contributed by atoms with Gasteiger partial charge in [0.2, 0.25) is 0 Å². The highest BCUT2D eigenvalue weighted by Crippen LogP contribution is 2.29. The lowest BCUT2D eigenvalue weighted by atomic mass is 9.83. The molecule has 1 aliphatic carbocycles. The quantitative estimate of drug-likeness (QED) is 0.761. The number of nitrogens with one attached hydrogen (secondary N) is 1. The van der Waals surface area contributed by atoms with Gasteiger partial charge in [-0.05, 0) is 30.9 Å². The monoisotopic (exact) mass is 217 g/mol. The van der Waals surface area contributed by atoms with Crippen molar-refractivity contribution in [3.8, 4) is 0 Å². The maximum Gasteiger partial charge on any atom is 0.0317 e. The Morgan fingerprint density at radius 2 is 2.00 bits per heavy atom. The maximum absolute atomic E-state index is 3.68. The standard InChI is InChI=1S/C15H23N/c1-2-15(14-9-4-3-5-10-14)16-12-11-13-7-6-8-13/h3-5,9-10,13,15-16H,2,6-8,11-12H2,1H3. The smallest absolute Gasteiger partial charge is 0.0317 e. The predicted molar refractivity (Wildman–Crippen MR) is 69.4 cm³/mol. The Bertz CT molecular complexity index is 290. The van der Waals surface area contributed by atoms with E-state index >= 15 is 0 Å². The molecule has 1 saturated carbocycles. The van der Waals surface area contributed by atoms with Crippen molar-refractivity contribution in [3.05, 3.63) is 35.9 Å². The molecule has 0 aromatic heterocycles. The third-order valence-corrected chi connectivity index (χ3v) is 3.78. The normalized spacial score (nSPS) is 18.1. The third kappa shape index (κ3) is 3.08. The van der Waals surface area contributed by atoms with Crippen molar-refractivity contribution < 1.29 is 0 Å². The summed E-state index contributed by atoms with van der Waals surface area (Å²) in [6, 6.07) is 11.3. The molecule has 0 bridgehead atoms. The van der Waals surface area contributed by atoms with Crippen LogP contribution in [0, 0.1) is 5.92 Å². The van der Waals surface area contributed by atoms with E-state index in [2.05, 4.69) is 42.6 Å². The zero-order valence-electron chi connectivity index (χ0n) is 10.3. The first kappa shape index (κ1) is 11.7. The minimum Gasteiger partial charge on any atom is -0.310 e. The van der Waals surface area contributed by atoms with Crippen LogP contribution in [0.25, 0.3) is 0 Å². The second kappa shape index (κ2) is 6.05. The van der Waals surface area contributed by atoms with Gasteiger partial charge in [0, 0.05) is 6.04 Å². The molecule has 0 amide bonds. The molecule has 88 valence electrons. The van der Waals surface area contributed by atoms with Crippen molar-refractivity contribution in [1.82, 2.24) is 5.32 Å². The van der Waals surface area contributed by atoms with Gasteiger partial charge in [-0.15, -0.1) is 0 Å². The summed E-state index contributed by atoms with van der Waals surface area (Å²) in [7, 11) is 0. The molecule has 2 rings (SSSR count). The SMILES string of the molecule is CCC(NCCC1CCC1)c1ccccc1. The van der Waals surface area contributed by atoms with Gasteiger partial charge in [-0.25, -0.2) is 0 Å². The highest BCUT2D eigenvalue weighted by Gasteiger charge is 2.17. The van der Waals surface area contributed by atoms with Crippen molar-refractivity contribution in [2.24, 2.45) is 5.92 Å². The topological polar surface area (TPSA) is 12.0 Å². The highest BCUT2D eigenvalue weighted by molar-refractivity contribution is 5.18. The second-order valence-corrected chi connectivity index (χ2v) is 4.91. The lowest BCUT2D eigenvalue weighted by Crippen LogP contribution is -2.25. The van der Waals surface area contributed by atoms with Gasteiger partial charge >= 0.3 is 0 Å². The van der Waals surface area contributed by atoms with Crippen molar-refractivity contribution in [3.63, 3.8) is 0 Å². The van der Waals surface area contributed by atoms with E-state index in [9.17, 15) is 0 Å². The summed E-state index contributed by atoms with van der Waals surface area (Å²) in [5, 5.41) is 3.68. The molecule has 0 heterocycles. The van der Waals surface area contributed by atoms with Gasteiger partial charge in [-0.1, -0.05) is 56.5 Å². The Hall–Kier alpha value is -0.820. The number of hydrogen-bond donors (Lipinski definition) is 1. The minimum atomic E-state index is 0.543. The fourth-order valence-corrected chi connectivity index (χ4v) is 2.43. The van der Waals surface area contributed by atoms with E-state index in [1.807, 2.05) is 0 Å². The zero-order valence-corrected chi connectivity index (χ0v) is 10.3. The fourth-order valence-electron chi connectivity index (χ4n) is 2.43. The maximum atomic E-state index is 3.68. The van der Waals surface area contributed by atoms with Crippen molar-refractivity contribution in [1.29, 1.82) is 0 Å². The van der Waals surface area contributed by atoms with E-state index in [1.54, 1.807) is 0 Å². The summed E-state index contributed by atoms with van der Waals surface area (Å²) in [5.41, 5.74) is 1.43. The summed E-state index contributed by atoms with van der Waals surface area (Å²) < 4.78 is 0. The summed E-state index contributed by atoms with van der Waals surface area (Å²) in [5.74, 6) is 1.01. The van der Waals surface area contributed by atoms with Gasteiger partial charge in [0.05, 0.1) is 0 Å². The molecule has 0 aliphatic heterocycles. The molecule has 1 fully saturated rings. The van der Waals surface area contributed by atoms with Gasteiger partial charge in [0.1, 0.15) is 0 Å². The average molecular weight is 217 g/mol. The first-order valence-electron chi connectivity index (χ1n) is 6.68. The van der Waals surface area contributed by atoms with Gasteiger partial charge < -0.3 is 5.32 Å². The van der Waals surface area contributed by atoms with Crippen molar-refractivity contribution in [2.45, 2.75) is 45.1 Å². The van der Waals surface area contributed by atoms with E-state index in [-0.39, 0.29) is 0 Å². The summed E-state index contributed by atoms with van der Waals surface area (Å²) in [4.78, 5) is 0. The molecule has 16 heavy (non-hydrogen) atoms. The number of hydrogen-bond acceptors (Lipinski definition) is 1. The molecule has 1 heteroatoms. The van der Waals surface area contributed by atoms with Crippen LogP contribution in [-0.4, -0.2) is 6.54 Å². The highest BCUT2D eigenvalue weighted by atomic mass is 14.9. The van der Waals surface area contributed by atoms with Crippen LogP contribution in [0.4, 0.5) is 0 Å². The lowest BCUT2D eigenvalue weighted by molar-refractivity contribution is 0.287. The molecule has 1 aliphatic rings. The molecule has 0 spiro atoms. The van der Waals surface area contributed by atoms with Crippen LogP contribution in [0.1, 0.15) is 50.6 Å². The van der Waals surface area contributed by atoms with Crippen LogP contribution < -0.4 is 5.32 Å². The van der Waals surface area contributed by atoms with E-state index in [4.69, 9.17) is 0 Å². The third-order valence-electron chi connectivity index (χ3n) is 3.78. The molecular weight excluding hydrogens is 194 g/mol. The Morgan fingerprint density at radius 1 is 1.25 bits per heavy atom. The van der Waals surface area contributed by atoms with Gasteiger partial charge in [-0.2, -0.15) is 0 Å². The summed E-state index contributed by atoms with van der Waals surface area (Å²) >= 11 is 0. The Labute approximate surface area is 99.3 Å². The van der Waals surface area contributed by atoms with Gasteiger partial charge in [0.15, 0.2) is 0 Å². The number of benzene rings is 1. The Balaban J connectivity index is 1.76. The summed E-state index contributed by atoms with van der Waals surface area (Å²) in [6.07, 6.45) is 6.92. The van der Waals surface area contributed by atoms with Gasteiger partial charge in [0.25, 0.3) is 0 Å². The molecule has 1 atom stereocenters. The molecule has 1 unspecified atom stereocenters. The molecule has 1 aromatic carbocycles. The Morgan fingerprint density at radius 3 is 2.56 bits per heavy atom. The van der Waals surface area contributed by atoms with Crippen LogP contribution in [0.5, 0.6) is 0 Å². The molecule has 0 radical (unpaired) electrons. The molecule has 1 N–H and O–H groups in total. The number of rotatable bonds is 6. The molecular formula is C15H23N.